The number of nitrogens with one attached hydrogen (secondary N) is 1. The van der Waals surface area contributed by atoms with Gasteiger partial charge in [-0.05, 0) is 68.5 Å². The predicted molar refractivity (Wildman–Crippen MR) is 62.3 cm³/mol. The van der Waals surface area contributed by atoms with Gasteiger partial charge < -0.3 is 10.4 Å². The second-order valence-electron chi connectivity index (χ2n) is 4.63. The third-order valence-corrected chi connectivity index (χ3v) is 3.33. The van der Waals surface area contributed by atoms with Gasteiger partial charge in [-0.25, -0.2) is 0 Å². The average molecular weight is 205 g/mol. The van der Waals surface area contributed by atoms with Crippen molar-refractivity contribution in [2.24, 2.45) is 5.92 Å². The quantitative estimate of drug-likeness (QED) is 0.775. The zero-order chi connectivity index (χ0) is 10.8. The van der Waals surface area contributed by atoms with E-state index >= 15 is 0 Å². The SMILES string of the molecule is Cc1cc(CC2CCNC2)c(C)cc1O. The Morgan fingerprint density at radius 3 is 2.80 bits per heavy atom. The van der Waals surface area contributed by atoms with Crippen molar-refractivity contribution in [3.05, 3.63) is 28.8 Å². The van der Waals surface area contributed by atoms with Crippen molar-refractivity contribution in [3.8, 4) is 5.75 Å². The van der Waals surface area contributed by atoms with Crippen molar-refractivity contribution in [2.75, 3.05) is 13.1 Å². The third-order valence-electron chi connectivity index (χ3n) is 3.33. The Labute approximate surface area is 91.3 Å². The number of hydrogen-bond acceptors (Lipinski definition) is 2. The van der Waals surface area contributed by atoms with Crippen molar-refractivity contribution in [2.45, 2.75) is 26.7 Å². The fourth-order valence-corrected chi connectivity index (χ4v) is 2.28. The highest BCUT2D eigenvalue weighted by Gasteiger charge is 2.16. The van der Waals surface area contributed by atoms with Crippen molar-refractivity contribution in [1.82, 2.24) is 5.32 Å². The summed E-state index contributed by atoms with van der Waals surface area (Å²) in [5, 5.41) is 13.0. The van der Waals surface area contributed by atoms with E-state index in [9.17, 15) is 5.11 Å². The standard InChI is InChI=1S/C13H19NO/c1-9-6-13(15)10(2)5-12(9)7-11-3-4-14-8-11/h5-6,11,14-15H,3-4,7-8H2,1-2H3. The van der Waals surface area contributed by atoms with Gasteiger partial charge in [-0.3, -0.25) is 0 Å². The third kappa shape index (κ3) is 2.32. The van der Waals surface area contributed by atoms with Crippen LogP contribution in [0.5, 0.6) is 5.75 Å². The number of aromatic hydroxyl groups is 1. The van der Waals surface area contributed by atoms with Gasteiger partial charge in [0.1, 0.15) is 5.75 Å². The summed E-state index contributed by atoms with van der Waals surface area (Å²) in [6.07, 6.45) is 2.42. The Morgan fingerprint density at radius 1 is 1.33 bits per heavy atom. The van der Waals surface area contributed by atoms with Gasteiger partial charge in [-0.2, -0.15) is 0 Å². The minimum Gasteiger partial charge on any atom is -0.508 e. The highest BCUT2D eigenvalue weighted by molar-refractivity contribution is 5.40. The molecule has 1 aliphatic rings. The summed E-state index contributed by atoms with van der Waals surface area (Å²) in [6.45, 7) is 6.34. The van der Waals surface area contributed by atoms with Gasteiger partial charge >= 0.3 is 0 Å². The van der Waals surface area contributed by atoms with E-state index in [1.165, 1.54) is 17.5 Å². The minimum atomic E-state index is 0.417. The summed E-state index contributed by atoms with van der Waals surface area (Å²) in [5.74, 6) is 1.19. The molecule has 2 heteroatoms. The first-order valence-electron chi connectivity index (χ1n) is 5.66. The molecule has 0 saturated carbocycles. The summed E-state index contributed by atoms with van der Waals surface area (Å²) in [5.41, 5.74) is 3.59. The van der Waals surface area contributed by atoms with Crippen LogP contribution in [0, 0.1) is 19.8 Å². The lowest BCUT2D eigenvalue weighted by atomic mass is 9.94. The molecule has 2 rings (SSSR count). The minimum absolute atomic E-state index is 0.417. The number of benzene rings is 1. The van der Waals surface area contributed by atoms with Crippen molar-refractivity contribution in [3.63, 3.8) is 0 Å². The Balaban J connectivity index is 2.16. The number of rotatable bonds is 2. The molecule has 0 aliphatic carbocycles. The number of hydrogen-bond donors (Lipinski definition) is 2. The van der Waals surface area contributed by atoms with Crippen LogP contribution in [-0.2, 0) is 6.42 Å². The molecule has 1 fully saturated rings. The Kier molecular flexibility index (Phi) is 2.96. The van der Waals surface area contributed by atoms with Gasteiger partial charge in [-0.1, -0.05) is 6.07 Å². The zero-order valence-corrected chi connectivity index (χ0v) is 9.51. The van der Waals surface area contributed by atoms with Crippen LogP contribution >= 0.6 is 0 Å². The van der Waals surface area contributed by atoms with Crippen LogP contribution < -0.4 is 5.32 Å². The van der Waals surface area contributed by atoms with Gasteiger partial charge in [-0.15, -0.1) is 0 Å². The molecule has 2 N–H and O–H groups in total. The molecule has 0 radical (unpaired) electrons. The molecule has 1 aliphatic heterocycles. The largest absolute Gasteiger partial charge is 0.508 e. The second kappa shape index (κ2) is 4.23. The molecule has 1 saturated heterocycles. The van der Waals surface area contributed by atoms with Crippen LogP contribution in [0.3, 0.4) is 0 Å². The molecule has 1 aromatic carbocycles. The van der Waals surface area contributed by atoms with Crippen LogP contribution in [0.2, 0.25) is 0 Å². The molecule has 2 nitrogen and oxygen atoms in total. The molecule has 0 aromatic heterocycles. The van der Waals surface area contributed by atoms with Crippen LogP contribution in [0.25, 0.3) is 0 Å². The van der Waals surface area contributed by atoms with E-state index in [1.54, 1.807) is 0 Å². The van der Waals surface area contributed by atoms with Crippen molar-refractivity contribution in [1.29, 1.82) is 0 Å². The molecule has 82 valence electrons. The van der Waals surface area contributed by atoms with E-state index in [2.05, 4.69) is 18.3 Å². The summed E-state index contributed by atoms with van der Waals surface area (Å²) in [6, 6.07) is 4.01. The van der Waals surface area contributed by atoms with Crippen LogP contribution in [0.1, 0.15) is 23.1 Å². The van der Waals surface area contributed by atoms with Crippen molar-refractivity contribution < 1.29 is 5.11 Å². The molecule has 1 aromatic rings. The first kappa shape index (κ1) is 10.5. The van der Waals surface area contributed by atoms with Gasteiger partial charge in [0.05, 0.1) is 0 Å². The van der Waals surface area contributed by atoms with Crippen LogP contribution in [0.15, 0.2) is 12.1 Å². The summed E-state index contributed by atoms with van der Waals surface area (Å²) < 4.78 is 0. The maximum Gasteiger partial charge on any atom is 0.118 e. The van der Waals surface area contributed by atoms with Gasteiger partial charge in [0.25, 0.3) is 0 Å². The van der Waals surface area contributed by atoms with Gasteiger partial charge in [0.2, 0.25) is 0 Å². The lowest BCUT2D eigenvalue weighted by molar-refractivity contribution is 0.469. The fourth-order valence-electron chi connectivity index (χ4n) is 2.28. The lowest BCUT2D eigenvalue weighted by Gasteiger charge is -2.12. The number of phenolic OH excluding ortho intramolecular Hbond substituents is 1. The molecule has 15 heavy (non-hydrogen) atoms. The van der Waals surface area contributed by atoms with Gasteiger partial charge in [0.15, 0.2) is 0 Å². The van der Waals surface area contributed by atoms with E-state index in [1.807, 2.05) is 13.0 Å². The molecule has 1 unspecified atom stereocenters. The van der Waals surface area contributed by atoms with Crippen LogP contribution in [0.4, 0.5) is 0 Å². The van der Waals surface area contributed by atoms with E-state index in [4.69, 9.17) is 0 Å². The highest BCUT2D eigenvalue weighted by Crippen LogP contribution is 2.24. The molecular formula is C13H19NO. The van der Waals surface area contributed by atoms with E-state index in [0.29, 0.717) is 5.75 Å². The maximum absolute atomic E-state index is 9.57. The average Bonchev–Trinajstić information content (AvgIpc) is 2.67. The second-order valence-corrected chi connectivity index (χ2v) is 4.63. The number of phenols is 1. The van der Waals surface area contributed by atoms with E-state index in [-0.39, 0.29) is 0 Å². The number of aryl methyl sites for hydroxylation is 2. The molecule has 0 bridgehead atoms. The summed E-state index contributed by atoms with van der Waals surface area (Å²) >= 11 is 0. The normalized spacial score (nSPS) is 20.8. The summed E-state index contributed by atoms with van der Waals surface area (Å²) in [4.78, 5) is 0. The smallest absolute Gasteiger partial charge is 0.118 e. The monoisotopic (exact) mass is 205 g/mol. The molecule has 0 spiro atoms. The summed E-state index contributed by atoms with van der Waals surface area (Å²) in [7, 11) is 0. The van der Waals surface area contributed by atoms with Crippen molar-refractivity contribution >= 4 is 0 Å². The molecule has 1 atom stereocenters. The lowest BCUT2D eigenvalue weighted by Crippen LogP contribution is -2.11. The Morgan fingerprint density at radius 2 is 2.13 bits per heavy atom. The van der Waals surface area contributed by atoms with Crippen LogP contribution in [-0.4, -0.2) is 18.2 Å². The Hall–Kier alpha value is -1.02. The topological polar surface area (TPSA) is 32.3 Å². The van der Waals surface area contributed by atoms with E-state index < -0.39 is 0 Å². The fraction of sp³-hybridized carbons (Fsp3) is 0.538. The predicted octanol–water partition coefficient (Wildman–Crippen LogP) is 2.16. The van der Waals surface area contributed by atoms with E-state index in [0.717, 1.165) is 31.0 Å². The molecule has 1 heterocycles. The van der Waals surface area contributed by atoms with Gasteiger partial charge in [0, 0.05) is 0 Å². The molecule has 0 amide bonds. The maximum atomic E-state index is 9.57. The molecular weight excluding hydrogens is 186 g/mol. The highest BCUT2D eigenvalue weighted by atomic mass is 16.3. The zero-order valence-electron chi connectivity index (χ0n) is 9.51. The Bertz CT molecular complexity index is 354. The first-order chi connectivity index (χ1) is 7.16. The first-order valence-corrected chi connectivity index (χ1v) is 5.66.